The van der Waals surface area contributed by atoms with E-state index in [4.69, 9.17) is 5.73 Å². The summed E-state index contributed by atoms with van der Waals surface area (Å²) in [5, 5.41) is 4.92. The van der Waals surface area contributed by atoms with Crippen LogP contribution in [0.1, 0.15) is 0 Å². The van der Waals surface area contributed by atoms with Crippen LogP contribution in [-0.2, 0) is 0 Å². The van der Waals surface area contributed by atoms with Crippen LogP contribution in [0.4, 0.5) is 10.8 Å². The van der Waals surface area contributed by atoms with Crippen molar-refractivity contribution in [1.82, 2.24) is 9.97 Å². The van der Waals surface area contributed by atoms with E-state index in [1.54, 1.807) is 23.6 Å². The van der Waals surface area contributed by atoms with Gasteiger partial charge < -0.3 is 11.1 Å². The van der Waals surface area contributed by atoms with Gasteiger partial charge in [0, 0.05) is 7.05 Å². The van der Waals surface area contributed by atoms with Crippen LogP contribution in [0.5, 0.6) is 0 Å². The maximum absolute atomic E-state index is 5.59. The fourth-order valence-corrected chi connectivity index (χ4v) is 1.82. The zero-order valence-electron chi connectivity index (χ0n) is 7.69. The molecule has 0 atom stereocenters. The molecule has 4 nitrogen and oxygen atoms in total. The molecule has 0 radical (unpaired) electrons. The largest absolute Gasteiger partial charge is 0.384 e. The lowest BCUT2D eigenvalue weighted by molar-refractivity contribution is 1.30. The third-order valence-corrected chi connectivity index (χ3v) is 2.78. The van der Waals surface area contributed by atoms with Crippen molar-refractivity contribution in [2.45, 2.75) is 0 Å². The normalized spacial score (nSPS) is 10.1. The molecule has 0 aliphatic carbocycles. The lowest BCUT2D eigenvalue weighted by Gasteiger charge is -1.95. The molecule has 0 bridgehead atoms. The highest BCUT2D eigenvalue weighted by Crippen LogP contribution is 2.26. The van der Waals surface area contributed by atoms with E-state index in [-0.39, 0.29) is 0 Å². The highest BCUT2D eigenvalue weighted by atomic mass is 32.1. The molecule has 0 unspecified atom stereocenters. The van der Waals surface area contributed by atoms with Gasteiger partial charge in [0.05, 0.1) is 6.20 Å². The van der Waals surface area contributed by atoms with Crippen molar-refractivity contribution >= 4 is 22.2 Å². The maximum atomic E-state index is 5.59. The predicted molar refractivity (Wildman–Crippen MR) is 59.3 cm³/mol. The van der Waals surface area contributed by atoms with Crippen LogP contribution >= 0.6 is 11.3 Å². The smallest absolute Gasteiger partial charge is 0.143 e. The molecule has 14 heavy (non-hydrogen) atoms. The van der Waals surface area contributed by atoms with Gasteiger partial charge in [-0.1, -0.05) is 17.4 Å². The number of hydrogen-bond acceptors (Lipinski definition) is 5. The van der Waals surface area contributed by atoms with E-state index in [2.05, 4.69) is 15.3 Å². The number of aromatic nitrogens is 2. The molecule has 0 amide bonds. The lowest BCUT2D eigenvalue weighted by atomic mass is 10.3. The molecule has 0 fully saturated rings. The fraction of sp³-hybridized carbons (Fsp3) is 0.111. The van der Waals surface area contributed by atoms with Crippen molar-refractivity contribution in [1.29, 1.82) is 0 Å². The van der Waals surface area contributed by atoms with Gasteiger partial charge in [0.25, 0.3) is 0 Å². The van der Waals surface area contributed by atoms with Crippen LogP contribution in [0.2, 0.25) is 0 Å². The molecule has 72 valence electrons. The number of anilines is 2. The Kier molecular flexibility index (Phi) is 2.32. The first kappa shape index (κ1) is 8.96. The SMILES string of the molecule is CNc1cnc(-c2cccc(N)n2)s1. The van der Waals surface area contributed by atoms with E-state index >= 15 is 0 Å². The van der Waals surface area contributed by atoms with E-state index in [9.17, 15) is 0 Å². The Morgan fingerprint density at radius 3 is 2.93 bits per heavy atom. The first-order chi connectivity index (χ1) is 6.79. The molecule has 2 aromatic heterocycles. The number of pyridine rings is 1. The second kappa shape index (κ2) is 3.63. The monoisotopic (exact) mass is 206 g/mol. The first-order valence-corrected chi connectivity index (χ1v) is 4.98. The summed E-state index contributed by atoms with van der Waals surface area (Å²) in [5.41, 5.74) is 6.40. The summed E-state index contributed by atoms with van der Waals surface area (Å²) in [6.45, 7) is 0. The van der Waals surface area contributed by atoms with Crippen molar-refractivity contribution in [2.24, 2.45) is 0 Å². The van der Waals surface area contributed by atoms with Gasteiger partial charge in [-0.2, -0.15) is 0 Å². The zero-order valence-corrected chi connectivity index (χ0v) is 8.51. The van der Waals surface area contributed by atoms with Crippen molar-refractivity contribution < 1.29 is 0 Å². The third kappa shape index (κ3) is 1.67. The highest BCUT2D eigenvalue weighted by molar-refractivity contribution is 7.18. The van der Waals surface area contributed by atoms with Crippen LogP contribution < -0.4 is 11.1 Å². The summed E-state index contributed by atoms with van der Waals surface area (Å²) in [7, 11) is 1.87. The summed E-state index contributed by atoms with van der Waals surface area (Å²) < 4.78 is 0. The predicted octanol–water partition coefficient (Wildman–Crippen LogP) is 1.83. The van der Waals surface area contributed by atoms with Crippen molar-refractivity contribution in [3.8, 4) is 10.7 Å². The highest BCUT2D eigenvalue weighted by Gasteiger charge is 2.04. The quantitative estimate of drug-likeness (QED) is 0.786. The molecule has 0 aliphatic rings. The minimum Gasteiger partial charge on any atom is -0.384 e. The molecule has 2 aromatic rings. The Hall–Kier alpha value is -1.62. The molecular formula is C9H10N4S. The third-order valence-electron chi connectivity index (χ3n) is 1.74. The van der Waals surface area contributed by atoms with Crippen LogP contribution in [0.3, 0.4) is 0 Å². The molecule has 0 aliphatic heterocycles. The molecule has 3 N–H and O–H groups in total. The molecule has 0 aromatic carbocycles. The van der Waals surface area contributed by atoms with Gasteiger partial charge in [-0.3, -0.25) is 0 Å². The number of rotatable bonds is 2. The first-order valence-electron chi connectivity index (χ1n) is 4.16. The van der Waals surface area contributed by atoms with E-state index in [0.29, 0.717) is 5.82 Å². The molecule has 0 spiro atoms. The molecule has 5 heteroatoms. The summed E-state index contributed by atoms with van der Waals surface area (Å²) in [5.74, 6) is 0.517. The van der Waals surface area contributed by atoms with Gasteiger partial charge in [-0.15, -0.1) is 0 Å². The zero-order chi connectivity index (χ0) is 9.97. The van der Waals surface area contributed by atoms with Crippen LogP contribution in [0.15, 0.2) is 24.4 Å². The van der Waals surface area contributed by atoms with Crippen LogP contribution in [0.25, 0.3) is 10.7 Å². The van der Waals surface area contributed by atoms with Gasteiger partial charge in [0.15, 0.2) is 0 Å². The number of nitrogens with zero attached hydrogens (tertiary/aromatic N) is 2. The second-order valence-electron chi connectivity index (χ2n) is 2.73. The average molecular weight is 206 g/mol. The topological polar surface area (TPSA) is 63.8 Å². The maximum Gasteiger partial charge on any atom is 0.143 e. The summed E-state index contributed by atoms with van der Waals surface area (Å²) >= 11 is 1.55. The van der Waals surface area contributed by atoms with Gasteiger partial charge >= 0.3 is 0 Å². The van der Waals surface area contributed by atoms with E-state index in [1.165, 1.54) is 0 Å². The Morgan fingerprint density at radius 2 is 2.29 bits per heavy atom. The van der Waals surface area contributed by atoms with E-state index in [0.717, 1.165) is 15.7 Å². The van der Waals surface area contributed by atoms with Crippen molar-refractivity contribution in [3.63, 3.8) is 0 Å². The summed E-state index contributed by atoms with van der Waals surface area (Å²) in [6, 6.07) is 5.53. The van der Waals surface area contributed by atoms with Crippen molar-refractivity contribution in [3.05, 3.63) is 24.4 Å². The Balaban J connectivity index is 2.39. The van der Waals surface area contributed by atoms with E-state index < -0.39 is 0 Å². The molecule has 2 heterocycles. The standard InChI is InChI=1S/C9H10N4S/c1-11-8-5-12-9(14-8)6-3-2-4-7(10)13-6/h2-5,11H,1H3,(H2,10,13). The van der Waals surface area contributed by atoms with Gasteiger partial charge in [0.2, 0.25) is 0 Å². The Labute approximate surface area is 85.8 Å². The fourth-order valence-electron chi connectivity index (χ4n) is 1.08. The molecular weight excluding hydrogens is 196 g/mol. The molecule has 0 saturated carbocycles. The van der Waals surface area contributed by atoms with Gasteiger partial charge in [-0.25, -0.2) is 9.97 Å². The lowest BCUT2D eigenvalue weighted by Crippen LogP contribution is -1.90. The number of nitrogen functional groups attached to an aromatic ring is 1. The average Bonchev–Trinajstić information content (AvgIpc) is 2.66. The number of hydrogen-bond donors (Lipinski definition) is 2. The Morgan fingerprint density at radius 1 is 1.43 bits per heavy atom. The van der Waals surface area contributed by atoms with Crippen LogP contribution in [-0.4, -0.2) is 17.0 Å². The van der Waals surface area contributed by atoms with E-state index in [1.807, 2.05) is 19.2 Å². The van der Waals surface area contributed by atoms with Gasteiger partial charge in [-0.05, 0) is 12.1 Å². The van der Waals surface area contributed by atoms with Crippen LogP contribution in [0, 0.1) is 0 Å². The van der Waals surface area contributed by atoms with Crippen molar-refractivity contribution in [2.75, 3.05) is 18.1 Å². The number of nitrogens with two attached hydrogens (primary N) is 1. The minimum atomic E-state index is 0.517. The Bertz CT molecular complexity index is 438. The second-order valence-corrected chi connectivity index (χ2v) is 3.76. The van der Waals surface area contributed by atoms with Gasteiger partial charge in [0.1, 0.15) is 21.5 Å². The minimum absolute atomic E-state index is 0.517. The summed E-state index contributed by atoms with van der Waals surface area (Å²) in [4.78, 5) is 8.43. The molecule has 0 saturated heterocycles. The number of thiazole rings is 1. The number of nitrogens with one attached hydrogen (secondary N) is 1. The summed E-state index contributed by atoms with van der Waals surface area (Å²) in [6.07, 6.45) is 1.78. The molecule has 2 rings (SSSR count).